The van der Waals surface area contributed by atoms with Crippen molar-refractivity contribution in [1.29, 1.82) is 0 Å². The molecule has 0 bridgehead atoms. The van der Waals surface area contributed by atoms with E-state index in [-0.39, 0.29) is 19.8 Å². The molecule has 144 valence electrons. The van der Waals surface area contributed by atoms with E-state index in [1.807, 2.05) is 18.2 Å². The molecular weight excluding hydrogens is 372 g/mol. The average Bonchev–Trinajstić information content (AvgIpc) is 2.62. The minimum Gasteiger partial charge on any atom is -0.487 e. The topological polar surface area (TPSA) is 85.9 Å². The van der Waals surface area contributed by atoms with Crippen LogP contribution in [0.4, 0.5) is 21.0 Å². The molecule has 0 heterocycles. The summed E-state index contributed by atoms with van der Waals surface area (Å²) in [6.45, 7) is 4.09. The maximum atomic E-state index is 11.8. The first-order chi connectivity index (χ1) is 13.0. The molecule has 0 fully saturated rings. The van der Waals surface area contributed by atoms with Crippen molar-refractivity contribution in [2.75, 3.05) is 23.8 Å². The normalized spacial score (nSPS) is 10.0. The molecule has 0 saturated carbocycles. The molecule has 0 saturated heterocycles. The minimum absolute atomic E-state index is 0.210. The number of carbonyl (C=O) groups excluding carboxylic acids is 2. The molecule has 0 aliphatic carbocycles. The van der Waals surface area contributed by atoms with Crippen LogP contribution in [0.3, 0.4) is 0 Å². The second-order valence-corrected chi connectivity index (χ2v) is 5.69. The van der Waals surface area contributed by atoms with Gasteiger partial charge in [-0.15, -0.1) is 0 Å². The number of hydrogen-bond acceptors (Lipinski definition) is 5. The van der Waals surface area contributed by atoms with Crippen molar-refractivity contribution in [1.82, 2.24) is 0 Å². The molecule has 0 aliphatic heterocycles. The zero-order valence-corrected chi connectivity index (χ0v) is 15.8. The van der Waals surface area contributed by atoms with Crippen LogP contribution in [-0.4, -0.2) is 25.4 Å². The average molecular weight is 393 g/mol. The Morgan fingerprint density at radius 1 is 0.963 bits per heavy atom. The Balaban J connectivity index is 2.19. The number of anilines is 2. The van der Waals surface area contributed by atoms with Crippen molar-refractivity contribution >= 4 is 35.2 Å². The van der Waals surface area contributed by atoms with Crippen LogP contribution in [0.1, 0.15) is 19.4 Å². The number of benzene rings is 2. The van der Waals surface area contributed by atoms with E-state index in [1.165, 1.54) is 0 Å². The van der Waals surface area contributed by atoms with Crippen molar-refractivity contribution in [3.63, 3.8) is 0 Å². The van der Waals surface area contributed by atoms with Crippen LogP contribution in [0.5, 0.6) is 5.75 Å². The molecule has 2 N–H and O–H groups in total. The van der Waals surface area contributed by atoms with Gasteiger partial charge in [-0.05, 0) is 38.1 Å². The minimum atomic E-state index is -0.631. The smallest absolute Gasteiger partial charge is 0.411 e. The van der Waals surface area contributed by atoms with Gasteiger partial charge in [-0.3, -0.25) is 10.6 Å². The summed E-state index contributed by atoms with van der Waals surface area (Å²) >= 11 is 6.14. The lowest BCUT2D eigenvalue weighted by Gasteiger charge is -2.15. The van der Waals surface area contributed by atoms with Crippen LogP contribution < -0.4 is 15.4 Å². The van der Waals surface area contributed by atoms with E-state index in [1.54, 1.807) is 38.1 Å². The van der Waals surface area contributed by atoms with E-state index in [2.05, 4.69) is 10.6 Å². The summed E-state index contributed by atoms with van der Waals surface area (Å²) in [7, 11) is 0. The van der Waals surface area contributed by atoms with Crippen LogP contribution in [0, 0.1) is 0 Å². The predicted octanol–water partition coefficient (Wildman–Crippen LogP) is 5.06. The Morgan fingerprint density at radius 2 is 1.63 bits per heavy atom. The monoisotopic (exact) mass is 392 g/mol. The summed E-state index contributed by atoms with van der Waals surface area (Å²) in [5.41, 5.74) is 1.58. The molecule has 2 aromatic rings. The van der Waals surface area contributed by atoms with Gasteiger partial charge >= 0.3 is 12.2 Å². The summed E-state index contributed by atoms with van der Waals surface area (Å²) < 4.78 is 15.5. The van der Waals surface area contributed by atoms with Gasteiger partial charge < -0.3 is 14.2 Å². The van der Waals surface area contributed by atoms with Crippen molar-refractivity contribution in [2.24, 2.45) is 0 Å². The highest BCUT2D eigenvalue weighted by Gasteiger charge is 2.12. The van der Waals surface area contributed by atoms with Crippen molar-refractivity contribution in [3.05, 3.63) is 53.1 Å². The number of nitrogens with one attached hydrogen (secondary N) is 2. The fourth-order valence-electron chi connectivity index (χ4n) is 2.16. The number of halogens is 1. The third-order valence-corrected chi connectivity index (χ3v) is 3.72. The predicted molar refractivity (Wildman–Crippen MR) is 104 cm³/mol. The Morgan fingerprint density at radius 3 is 2.30 bits per heavy atom. The molecule has 8 heteroatoms. The highest BCUT2D eigenvalue weighted by molar-refractivity contribution is 6.31. The molecule has 7 nitrogen and oxygen atoms in total. The van der Waals surface area contributed by atoms with Crippen LogP contribution in [0.2, 0.25) is 5.02 Å². The summed E-state index contributed by atoms with van der Waals surface area (Å²) in [5, 5.41) is 5.75. The molecule has 0 radical (unpaired) electrons. The van der Waals surface area contributed by atoms with Crippen molar-refractivity contribution in [2.45, 2.75) is 20.5 Å². The lowest BCUT2D eigenvalue weighted by atomic mass is 10.2. The van der Waals surface area contributed by atoms with Gasteiger partial charge in [-0.2, -0.15) is 0 Å². The molecule has 0 aliphatic rings. The van der Waals surface area contributed by atoms with Gasteiger partial charge in [0.2, 0.25) is 0 Å². The van der Waals surface area contributed by atoms with Gasteiger partial charge in [-0.25, -0.2) is 9.59 Å². The maximum Gasteiger partial charge on any atom is 0.411 e. The third kappa shape index (κ3) is 6.38. The zero-order chi connectivity index (χ0) is 19.6. The van der Waals surface area contributed by atoms with Gasteiger partial charge in [-0.1, -0.05) is 29.8 Å². The van der Waals surface area contributed by atoms with Crippen molar-refractivity contribution < 1.29 is 23.8 Å². The van der Waals surface area contributed by atoms with Crippen molar-refractivity contribution in [3.8, 4) is 5.75 Å². The Bertz CT molecular complexity index is 797. The van der Waals surface area contributed by atoms with Gasteiger partial charge in [0, 0.05) is 16.3 Å². The number of amides is 2. The number of carbonyl (C=O) groups is 2. The molecule has 0 spiro atoms. The maximum absolute atomic E-state index is 11.8. The first-order valence-corrected chi connectivity index (χ1v) is 8.79. The molecular formula is C19H21ClN2O5. The Labute approximate surface area is 162 Å². The van der Waals surface area contributed by atoms with Crippen LogP contribution in [0.15, 0.2) is 42.5 Å². The first-order valence-electron chi connectivity index (χ1n) is 8.41. The number of rotatable bonds is 7. The summed E-state index contributed by atoms with van der Waals surface area (Å²) in [4.78, 5) is 23.4. The SMILES string of the molecule is CCOC(=O)Nc1ccc(OCc2ccccc2Cl)c(NC(=O)OCC)c1. The highest BCUT2D eigenvalue weighted by Crippen LogP contribution is 2.30. The lowest BCUT2D eigenvalue weighted by molar-refractivity contribution is 0.167. The largest absolute Gasteiger partial charge is 0.487 e. The highest BCUT2D eigenvalue weighted by atomic mass is 35.5. The standard InChI is InChI=1S/C19H21ClN2O5/c1-3-25-18(23)21-14-9-10-17(16(11-14)22-19(24)26-4-2)27-12-13-7-5-6-8-15(13)20/h5-11H,3-4,12H2,1-2H3,(H,21,23)(H,22,24). The summed E-state index contributed by atoms with van der Waals surface area (Å²) in [6.07, 6.45) is -1.22. The van der Waals surface area contributed by atoms with Gasteiger partial charge in [0.25, 0.3) is 0 Å². The molecule has 27 heavy (non-hydrogen) atoms. The summed E-state index contributed by atoms with van der Waals surface area (Å²) in [6, 6.07) is 12.1. The Kier molecular flexibility index (Phi) is 7.76. The van der Waals surface area contributed by atoms with Gasteiger partial charge in [0.1, 0.15) is 12.4 Å². The molecule has 2 aromatic carbocycles. The lowest BCUT2D eigenvalue weighted by Crippen LogP contribution is -2.16. The summed E-state index contributed by atoms with van der Waals surface area (Å²) in [5.74, 6) is 0.400. The van der Waals surface area contributed by atoms with E-state index in [0.717, 1.165) is 5.56 Å². The Hall–Kier alpha value is -2.93. The van der Waals surface area contributed by atoms with E-state index in [9.17, 15) is 9.59 Å². The van der Waals surface area contributed by atoms with E-state index in [4.69, 9.17) is 25.8 Å². The quantitative estimate of drug-likeness (QED) is 0.688. The fourth-order valence-corrected chi connectivity index (χ4v) is 2.35. The van der Waals surface area contributed by atoms with E-state index < -0.39 is 12.2 Å². The number of hydrogen-bond donors (Lipinski definition) is 2. The molecule has 0 unspecified atom stereocenters. The molecule has 0 aromatic heterocycles. The first kappa shape index (κ1) is 20.4. The van der Waals surface area contributed by atoms with E-state index >= 15 is 0 Å². The van der Waals surface area contributed by atoms with Crippen LogP contribution in [0.25, 0.3) is 0 Å². The van der Waals surface area contributed by atoms with Crippen LogP contribution in [-0.2, 0) is 16.1 Å². The van der Waals surface area contributed by atoms with Gasteiger partial charge in [0.15, 0.2) is 0 Å². The zero-order valence-electron chi connectivity index (χ0n) is 15.1. The second-order valence-electron chi connectivity index (χ2n) is 5.28. The van der Waals surface area contributed by atoms with E-state index in [0.29, 0.717) is 22.1 Å². The molecule has 2 rings (SSSR count). The van der Waals surface area contributed by atoms with Gasteiger partial charge in [0.05, 0.1) is 18.9 Å². The molecule has 0 atom stereocenters. The second kappa shape index (κ2) is 10.3. The molecule has 2 amide bonds. The van der Waals surface area contributed by atoms with Crippen LogP contribution >= 0.6 is 11.6 Å². The third-order valence-electron chi connectivity index (χ3n) is 3.35. The fraction of sp³-hybridized carbons (Fsp3) is 0.263. The number of ether oxygens (including phenoxy) is 3.